The van der Waals surface area contributed by atoms with Gasteiger partial charge in [0.05, 0.1) is 12.8 Å². The number of methoxy groups -OCH3 is 1. The lowest BCUT2D eigenvalue weighted by Gasteiger charge is -2.31. The van der Waals surface area contributed by atoms with Crippen LogP contribution in [0.1, 0.15) is 18.2 Å². The number of nitrogens with one attached hydrogen (secondary N) is 2. The van der Waals surface area contributed by atoms with Crippen molar-refractivity contribution in [2.45, 2.75) is 19.0 Å². The third-order valence-electron chi connectivity index (χ3n) is 3.50. The van der Waals surface area contributed by atoms with Crippen molar-refractivity contribution in [3.05, 3.63) is 29.5 Å². The predicted octanol–water partition coefficient (Wildman–Crippen LogP) is 1.45. The number of fused-ring (bicyclic) bond motifs is 3. The Morgan fingerprint density at radius 2 is 2.24 bits per heavy atom. The van der Waals surface area contributed by atoms with Gasteiger partial charge in [-0.25, -0.2) is 0 Å². The maximum atomic E-state index is 6.25. The van der Waals surface area contributed by atoms with E-state index in [1.54, 1.807) is 7.11 Å². The van der Waals surface area contributed by atoms with Crippen LogP contribution >= 0.6 is 0 Å². The SMILES string of the molecule is COc1ccc2c3c([nH]c2c1)C(C)(N)NCC3. The summed E-state index contributed by atoms with van der Waals surface area (Å²) in [5, 5.41) is 4.57. The van der Waals surface area contributed by atoms with Crippen molar-refractivity contribution in [2.75, 3.05) is 13.7 Å². The van der Waals surface area contributed by atoms with Crippen molar-refractivity contribution >= 4 is 10.9 Å². The lowest BCUT2D eigenvalue weighted by Crippen LogP contribution is -2.51. The molecule has 0 radical (unpaired) electrons. The van der Waals surface area contributed by atoms with Gasteiger partial charge in [-0.05, 0) is 31.0 Å². The average Bonchev–Trinajstić information content (AvgIpc) is 2.68. The smallest absolute Gasteiger partial charge is 0.120 e. The van der Waals surface area contributed by atoms with Crippen molar-refractivity contribution in [3.63, 3.8) is 0 Å². The Balaban J connectivity index is 2.26. The van der Waals surface area contributed by atoms with E-state index in [0.29, 0.717) is 0 Å². The fraction of sp³-hybridized carbons (Fsp3) is 0.385. The third-order valence-corrected chi connectivity index (χ3v) is 3.50. The average molecular weight is 231 g/mol. The van der Waals surface area contributed by atoms with E-state index in [-0.39, 0.29) is 0 Å². The molecule has 1 aliphatic heterocycles. The van der Waals surface area contributed by atoms with E-state index < -0.39 is 5.66 Å². The van der Waals surface area contributed by atoms with Crippen LogP contribution in [-0.4, -0.2) is 18.6 Å². The second kappa shape index (κ2) is 3.48. The fourth-order valence-corrected chi connectivity index (χ4v) is 2.60. The van der Waals surface area contributed by atoms with Gasteiger partial charge in [0.25, 0.3) is 0 Å². The topological polar surface area (TPSA) is 63.1 Å². The number of nitrogens with two attached hydrogens (primary N) is 1. The molecule has 4 heteroatoms. The summed E-state index contributed by atoms with van der Waals surface area (Å²) >= 11 is 0. The van der Waals surface area contributed by atoms with Gasteiger partial charge in [0.2, 0.25) is 0 Å². The van der Waals surface area contributed by atoms with Gasteiger partial charge < -0.3 is 15.5 Å². The number of aromatic amines is 1. The Hall–Kier alpha value is -1.52. The van der Waals surface area contributed by atoms with Gasteiger partial charge in [-0.2, -0.15) is 0 Å². The predicted molar refractivity (Wildman–Crippen MR) is 68.1 cm³/mol. The molecule has 17 heavy (non-hydrogen) atoms. The molecule has 4 nitrogen and oxygen atoms in total. The molecule has 2 heterocycles. The summed E-state index contributed by atoms with van der Waals surface area (Å²) in [5.41, 5.74) is 9.29. The monoisotopic (exact) mass is 231 g/mol. The van der Waals surface area contributed by atoms with Crippen LogP contribution in [0, 0.1) is 0 Å². The number of benzene rings is 1. The molecule has 0 amide bonds. The van der Waals surface area contributed by atoms with Crippen LogP contribution in [0.5, 0.6) is 5.75 Å². The molecule has 2 aromatic rings. The molecule has 90 valence electrons. The highest BCUT2D eigenvalue weighted by molar-refractivity contribution is 5.86. The second-order valence-electron chi connectivity index (χ2n) is 4.77. The first-order chi connectivity index (χ1) is 8.12. The standard InChI is InChI=1S/C13H17N3O/c1-13(14)12-10(5-6-15-13)9-4-3-8(17-2)7-11(9)16-12/h3-4,7,15-16H,5-6,14H2,1-2H3. The zero-order valence-corrected chi connectivity index (χ0v) is 10.1. The summed E-state index contributed by atoms with van der Waals surface area (Å²) < 4.78 is 5.24. The van der Waals surface area contributed by atoms with Gasteiger partial charge in [-0.15, -0.1) is 0 Å². The molecule has 1 aromatic heterocycles. The molecule has 1 aliphatic rings. The van der Waals surface area contributed by atoms with Crippen LogP contribution in [0.25, 0.3) is 10.9 Å². The highest BCUT2D eigenvalue weighted by atomic mass is 16.5. The van der Waals surface area contributed by atoms with E-state index in [0.717, 1.165) is 29.9 Å². The summed E-state index contributed by atoms with van der Waals surface area (Å²) in [5.74, 6) is 0.864. The summed E-state index contributed by atoms with van der Waals surface area (Å²) in [6.07, 6.45) is 1.01. The van der Waals surface area contributed by atoms with Crippen molar-refractivity contribution in [1.82, 2.24) is 10.3 Å². The van der Waals surface area contributed by atoms with E-state index in [1.165, 1.54) is 10.9 Å². The van der Waals surface area contributed by atoms with Crippen molar-refractivity contribution in [2.24, 2.45) is 5.73 Å². The number of H-pyrrole nitrogens is 1. The Morgan fingerprint density at radius 1 is 1.41 bits per heavy atom. The molecular weight excluding hydrogens is 214 g/mol. The molecule has 3 rings (SSSR count). The van der Waals surface area contributed by atoms with Gasteiger partial charge in [0.1, 0.15) is 11.4 Å². The van der Waals surface area contributed by atoms with Crippen LogP contribution in [-0.2, 0) is 12.1 Å². The Kier molecular flexibility index (Phi) is 2.18. The van der Waals surface area contributed by atoms with E-state index in [4.69, 9.17) is 10.5 Å². The normalized spacial score (nSPS) is 23.7. The molecule has 0 spiro atoms. The molecular formula is C13H17N3O. The summed E-state index contributed by atoms with van der Waals surface area (Å²) in [6.45, 7) is 2.91. The largest absolute Gasteiger partial charge is 0.497 e. The minimum atomic E-state index is -0.472. The third kappa shape index (κ3) is 1.52. The first-order valence-corrected chi connectivity index (χ1v) is 5.85. The van der Waals surface area contributed by atoms with Crippen molar-refractivity contribution in [3.8, 4) is 5.75 Å². The quantitative estimate of drug-likeness (QED) is 0.696. The van der Waals surface area contributed by atoms with Crippen LogP contribution in [0.2, 0.25) is 0 Å². The van der Waals surface area contributed by atoms with E-state index in [1.807, 2.05) is 19.1 Å². The summed E-state index contributed by atoms with van der Waals surface area (Å²) in [7, 11) is 1.68. The first-order valence-electron chi connectivity index (χ1n) is 5.85. The number of rotatable bonds is 1. The van der Waals surface area contributed by atoms with Crippen molar-refractivity contribution in [1.29, 1.82) is 0 Å². The van der Waals surface area contributed by atoms with Gasteiger partial charge in [-0.1, -0.05) is 0 Å². The summed E-state index contributed by atoms with van der Waals surface area (Å²) in [6, 6.07) is 6.11. The Labute approximate surface area is 100 Å². The van der Waals surface area contributed by atoms with Crippen LogP contribution in [0.3, 0.4) is 0 Å². The summed E-state index contributed by atoms with van der Waals surface area (Å²) in [4.78, 5) is 3.41. The van der Waals surface area contributed by atoms with Crippen LogP contribution in [0.15, 0.2) is 18.2 Å². The van der Waals surface area contributed by atoms with Gasteiger partial charge in [0, 0.05) is 23.5 Å². The minimum absolute atomic E-state index is 0.472. The van der Waals surface area contributed by atoms with Gasteiger partial charge in [0.15, 0.2) is 0 Å². The number of hydrogen-bond donors (Lipinski definition) is 3. The molecule has 4 N–H and O–H groups in total. The highest BCUT2D eigenvalue weighted by Crippen LogP contribution is 2.32. The maximum Gasteiger partial charge on any atom is 0.120 e. The number of ether oxygens (including phenoxy) is 1. The van der Waals surface area contributed by atoms with Gasteiger partial charge >= 0.3 is 0 Å². The highest BCUT2D eigenvalue weighted by Gasteiger charge is 2.30. The lowest BCUT2D eigenvalue weighted by molar-refractivity contribution is 0.353. The minimum Gasteiger partial charge on any atom is -0.497 e. The lowest BCUT2D eigenvalue weighted by atomic mass is 9.96. The molecule has 1 atom stereocenters. The Morgan fingerprint density at radius 3 is 3.00 bits per heavy atom. The molecule has 0 aliphatic carbocycles. The van der Waals surface area contributed by atoms with Crippen molar-refractivity contribution < 1.29 is 4.74 Å². The van der Waals surface area contributed by atoms with E-state index in [9.17, 15) is 0 Å². The number of aromatic nitrogens is 1. The molecule has 1 unspecified atom stereocenters. The molecule has 1 aromatic carbocycles. The molecule has 0 bridgehead atoms. The van der Waals surface area contributed by atoms with Crippen LogP contribution in [0.4, 0.5) is 0 Å². The second-order valence-corrected chi connectivity index (χ2v) is 4.77. The van der Waals surface area contributed by atoms with Gasteiger partial charge in [-0.3, -0.25) is 5.32 Å². The molecule has 0 fully saturated rings. The number of hydrogen-bond acceptors (Lipinski definition) is 3. The fourth-order valence-electron chi connectivity index (χ4n) is 2.60. The first kappa shape index (κ1) is 10.6. The van der Waals surface area contributed by atoms with E-state index in [2.05, 4.69) is 16.4 Å². The Bertz CT molecular complexity index is 571. The maximum absolute atomic E-state index is 6.25. The molecule has 0 saturated carbocycles. The van der Waals surface area contributed by atoms with E-state index >= 15 is 0 Å². The van der Waals surface area contributed by atoms with Crippen LogP contribution < -0.4 is 15.8 Å². The zero-order valence-electron chi connectivity index (χ0n) is 10.1. The zero-order chi connectivity index (χ0) is 12.0. The molecule has 0 saturated heterocycles.